The highest BCUT2D eigenvalue weighted by atomic mass is 16.5. The standard InChI is InChI=1S/C17H25N7O2/c1-22-5-6-26-15(16(22)14-7-18-11-23(14)2)8-19-17(25)13-10-24(21-20-13)9-12-3-4-12/h7,10-12,15-16H,3-6,8-9H2,1-2H3,(H,19,25)/t15-,16-/m0/s1. The molecule has 2 aromatic heterocycles. The molecule has 1 saturated heterocycles. The molecule has 2 aromatic rings. The molecule has 2 aliphatic rings. The van der Waals surface area contributed by atoms with Crippen molar-refractivity contribution in [1.82, 2.24) is 34.8 Å². The van der Waals surface area contributed by atoms with Gasteiger partial charge in [-0.15, -0.1) is 5.10 Å². The average Bonchev–Trinajstić information content (AvgIpc) is 3.14. The Morgan fingerprint density at radius 2 is 2.23 bits per heavy atom. The van der Waals surface area contributed by atoms with E-state index in [0.717, 1.165) is 18.8 Å². The highest BCUT2D eigenvalue weighted by Gasteiger charge is 2.33. The van der Waals surface area contributed by atoms with Gasteiger partial charge in [0.25, 0.3) is 5.91 Å². The maximum atomic E-state index is 12.4. The number of carbonyl (C=O) groups is 1. The minimum Gasteiger partial charge on any atom is -0.373 e. The van der Waals surface area contributed by atoms with Crippen LogP contribution in [0.15, 0.2) is 18.7 Å². The number of imidazole rings is 1. The number of aromatic nitrogens is 5. The lowest BCUT2D eigenvalue weighted by atomic mass is 10.0. The Hall–Kier alpha value is -2.26. The van der Waals surface area contributed by atoms with Crippen LogP contribution in [0.5, 0.6) is 0 Å². The van der Waals surface area contributed by atoms with Gasteiger partial charge in [0.05, 0.1) is 37.0 Å². The first-order chi connectivity index (χ1) is 12.6. The summed E-state index contributed by atoms with van der Waals surface area (Å²) >= 11 is 0. The molecule has 140 valence electrons. The van der Waals surface area contributed by atoms with Crippen molar-refractivity contribution in [2.75, 3.05) is 26.7 Å². The lowest BCUT2D eigenvalue weighted by molar-refractivity contribution is -0.0626. The number of amides is 1. The van der Waals surface area contributed by atoms with E-state index in [0.29, 0.717) is 24.8 Å². The van der Waals surface area contributed by atoms with Gasteiger partial charge >= 0.3 is 0 Å². The molecular formula is C17H25N7O2. The molecular weight excluding hydrogens is 334 g/mol. The number of nitrogens with zero attached hydrogens (tertiary/aromatic N) is 6. The molecule has 0 aromatic carbocycles. The first kappa shape index (κ1) is 17.2. The van der Waals surface area contributed by atoms with E-state index in [9.17, 15) is 4.79 Å². The zero-order valence-electron chi connectivity index (χ0n) is 15.2. The molecule has 26 heavy (non-hydrogen) atoms. The highest BCUT2D eigenvalue weighted by Crippen LogP contribution is 2.30. The quantitative estimate of drug-likeness (QED) is 0.794. The van der Waals surface area contributed by atoms with E-state index in [-0.39, 0.29) is 18.1 Å². The van der Waals surface area contributed by atoms with E-state index in [1.807, 2.05) is 17.8 Å². The van der Waals surface area contributed by atoms with Crippen molar-refractivity contribution in [3.05, 3.63) is 30.1 Å². The smallest absolute Gasteiger partial charge is 0.273 e. The summed E-state index contributed by atoms with van der Waals surface area (Å²) < 4.78 is 9.71. The lowest BCUT2D eigenvalue weighted by Gasteiger charge is -2.39. The maximum absolute atomic E-state index is 12.4. The van der Waals surface area contributed by atoms with Crippen LogP contribution in [0, 0.1) is 5.92 Å². The molecule has 1 amide bonds. The minimum atomic E-state index is -0.215. The first-order valence-corrected chi connectivity index (χ1v) is 9.08. The van der Waals surface area contributed by atoms with Crippen LogP contribution < -0.4 is 5.32 Å². The highest BCUT2D eigenvalue weighted by molar-refractivity contribution is 5.91. The van der Waals surface area contributed by atoms with Crippen LogP contribution >= 0.6 is 0 Å². The van der Waals surface area contributed by atoms with Gasteiger partial charge in [-0.3, -0.25) is 14.4 Å². The van der Waals surface area contributed by atoms with Gasteiger partial charge in [0.15, 0.2) is 5.69 Å². The summed E-state index contributed by atoms with van der Waals surface area (Å²) in [5.74, 6) is 0.478. The van der Waals surface area contributed by atoms with Crippen LogP contribution in [-0.4, -0.2) is 68.2 Å². The maximum Gasteiger partial charge on any atom is 0.273 e. The molecule has 2 fully saturated rings. The molecule has 0 bridgehead atoms. The predicted molar refractivity (Wildman–Crippen MR) is 93.4 cm³/mol. The fourth-order valence-corrected chi connectivity index (χ4v) is 3.44. The molecule has 9 heteroatoms. The van der Waals surface area contributed by atoms with Gasteiger partial charge in [-0.25, -0.2) is 4.98 Å². The number of aryl methyl sites for hydroxylation is 1. The van der Waals surface area contributed by atoms with E-state index in [2.05, 4.69) is 32.6 Å². The number of morpholine rings is 1. The summed E-state index contributed by atoms with van der Waals surface area (Å²) in [5.41, 5.74) is 1.42. The number of hydrogen-bond donors (Lipinski definition) is 1. The van der Waals surface area contributed by atoms with Gasteiger partial charge in [0, 0.05) is 32.9 Å². The molecule has 4 rings (SSSR count). The van der Waals surface area contributed by atoms with E-state index in [1.54, 1.807) is 17.2 Å². The molecule has 9 nitrogen and oxygen atoms in total. The van der Waals surface area contributed by atoms with Crippen LogP contribution in [0.2, 0.25) is 0 Å². The average molecular weight is 359 g/mol. The summed E-state index contributed by atoms with van der Waals surface area (Å²) in [5, 5.41) is 11.0. The summed E-state index contributed by atoms with van der Waals surface area (Å²) in [7, 11) is 4.04. The third kappa shape index (κ3) is 3.63. The summed E-state index contributed by atoms with van der Waals surface area (Å²) in [6.07, 6.45) is 7.70. The van der Waals surface area contributed by atoms with Crippen molar-refractivity contribution in [2.24, 2.45) is 13.0 Å². The summed E-state index contributed by atoms with van der Waals surface area (Å²) in [6, 6.07) is 0.0436. The Morgan fingerprint density at radius 1 is 1.38 bits per heavy atom. The van der Waals surface area contributed by atoms with Crippen molar-refractivity contribution >= 4 is 5.91 Å². The fourth-order valence-electron chi connectivity index (χ4n) is 3.44. The van der Waals surface area contributed by atoms with Crippen LogP contribution in [0.4, 0.5) is 0 Å². The summed E-state index contributed by atoms with van der Waals surface area (Å²) in [4.78, 5) is 18.9. The van der Waals surface area contributed by atoms with Crippen molar-refractivity contribution in [3.8, 4) is 0 Å². The minimum absolute atomic E-state index is 0.0436. The summed E-state index contributed by atoms with van der Waals surface area (Å²) in [6.45, 7) is 2.74. The SMILES string of the molecule is CN1CCO[C@@H](CNC(=O)c2cn(CC3CC3)nn2)[C@@H]1c1cncn1C. The van der Waals surface area contributed by atoms with Crippen LogP contribution in [0.25, 0.3) is 0 Å². The first-order valence-electron chi connectivity index (χ1n) is 9.08. The second-order valence-corrected chi connectivity index (χ2v) is 7.24. The predicted octanol–water partition coefficient (Wildman–Crippen LogP) is 0.223. The monoisotopic (exact) mass is 359 g/mol. The van der Waals surface area contributed by atoms with Gasteiger partial charge in [-0.05, 0) is 25.8 Å². The Bertz CT molecular complexity index is 767. The normalized spacial score (nSPS) is 23.9. The Balaban J connectivity index is 1.39. The van der Waals surface area contributed by atoms with Gasteiger partial charge in [0.2, 0.25) is 0 Å². The fraction of sp³-hybridized carbons (Fsp3) is 0.647. The van der Waals surface area contributed by atoms with Gasteiger partial charge < -0.3 is 14.6 Å². The number of rotatable bonds is 6. The molecule has 2 atom stereocenters. The van der Waals surface area contributed by atoms with Gasteiger partial charge in [-0.1, -0.05) is 5.21 Å². The van der Waals surface area contributed by atoms with Crippen molar-refractivity contribution in [1.29, 1.82) is 0 Å². The largest absolute Gasteiger partial charge is 0.373 e. The number of likely N-dealkylation sites (N-methyl/N-ethyl adjacent to an activating group) is 1. The third-order valence-corrected chi connectivity index (χ3v) is 5.14. The molecule has 0 spiro atoms. The second-order valence-electron chi connectivity index (χ2n) is 7.24. The Labute approximate surface area is 152 Å². The molecule has 1 saturated carbocycles. The van der Waals surface area contributed by atoms with Crippen molar-refractivity contribution in [2.45, 2.75) is 31.5 Å². The van der Waals surface area contributed by atoms with E-state index < -0.39 is 0 Å². The molecule has 1 N–H and O–H groups in total. The van der Waals surface area contributed by atoms with Gasteiger partial charge in [0.1, 0.15) is 0 Å². The topological polar surface area (TPSA) is 90.1 Å². The van der Waals surface area contributed by atoms with Gasteiger partial charge in [-0.2, -0.15) is 0 Å². The molecule has 0 unspecified atom stereocenters. The number of carbonyl (C=O) groups excluding carboxylic acids is 1. The molecule has 1 aliphatic carbocycles. The molecule has 1 aliphatic heterocycles. The molecule has 0 radical (unpaired) electrons. The van der Waals surface area contributed by atoms with Crippen molar-refractivity contribution in [3.63, 3.8) is 0 Å². The van der Waals surface area contributed by atoms with E-state index in [4.69, 9.17) is 4.74 Å². The van der Waals surface area contributed by atoms with Crippen molar-refractivity contribution < 1.29 is 9.53 Å². The number of hydrogen-bond acceptors (Lipinski definition) is 6. The van der Waals surface area contributed by atoms with Crippen LogP contribution in [0.1, 0.15) is 35.1 Å². The van der Waals surface area contributed by atoms with Crippen LogP contribution in [0.3, 0.4) is 0 Å². The third-order valence-electron chi connectivity index (χ3n) is 5.14. The van der Waals surface area contributed by atoms with Crippen LogP contribution in [-0.2, 0) is 18.3 Å². The van der Waals surface area contributed by atoms with E-state index >= 15 is 0 Å². The zero-order chi connectivity index (χ0) is 18.1. The number of nitrogens with one attached hydrogen (secondary N) is 1. The lowest BCUT2D eigenvalue weighted by Crippen LogP contribution is -2.48. The Kier molecular flexibility index (Phi) is 4.73. The number of ether oxygens (including phenoxy) is 1. The zero-order valence-corrected chi connectivity index (χ0v) is 15.2. The second kappa shape index (κ2) is 7.16. The van der Waals surface area contributed by atoms with E-state index in [1.165, 1.54) is 12.8 Å². The molecule has 3 heterocycles. The Morgan fingerprint density at radius 3 is 2.96 bits per heavy atom.